The summed E-state index contributed by atoms with van der Waals surface area (Å²) >= 11 is 0. The number of nitrogens with one attached hydrogen (secondary N) is 1. The van der Waals surface area contributed by atoms with E-state index in [1.807, 2.05) is 18.2 Å². The number of hydrogen-bond donors (Lipinski definition) is 1. The van der Waals surface area contributed by atoms with E-state index in [0.717, 1.165) is 13.1 Å². The van der Waals surface area contributed by atoms with Crippen molar-refractivity contribution < 1.29 is 9.72 Å². The number of ketones is 1. The minimum atomic E-state index is -0.465. The Morgan fingerprint density at radius 3 is 2.35 bits per heavy atom. The fourth-order valence-corrected chi connectivity index (χ4v) is 3.38. The number of nitro benzene ring substituents is 1. The molecule has 1 aliphatic heterocycles. The van der Waals surface area contributed by atoms with E-state index >= 15 is 0 Å². The van der Waals surface area contributed by atoms with Crippen LogP contribution in [0.25, 0.3) is 0 Å². The number of Topliss-reactive ketones (excluding diaryl/α,β-unsaturated/α-hetero) is 1. The van der Waals surface area contributed by atoms with Crippen LogP contribution < -0.4 is 5.32 Å². The summed E-state index contributed by atoms with van der Waals surface area (Å²) in [7, 11) is 0. The molecule has 2 aromatic rings. The molecule has 0 aliphatic carbocycles. The molecule has 6 heteroatoms. The highest BCUT2D eigenvalue weighted by Crippen LogP contribution is 2.24. The molecule has 26 heavy (non-hydrogen) atoms. The molecule has 0 radical (unpaired) electrons. The Bertz CT molecular complexity index is 741. The molecule has 1 fully saturated rings. The fraction of sp³-hybridized carbons (Fsp3) is 0.350. The van der Waals surface area contributed by atoms with Crippen molar-refractivity contribution in [2.45, 2.75) is 18.9 Å². The molecule has 0 bridgehead atoms. The van der Waals surface area contributed by atoms with Gasteiger partial charge in [-0.05, 0) is 43.6 Å². The summed E-state index contributed by atoms with van der Waals surface area (Å²) in [6.07, 6.45) is 2.43. The monoisotopic (exact) mass is 353 g/mol. The molecule has 1 aliphatic rings. The van der Waals surface area contributed by atoms with E-state index in [1.54, 1.807) is 0 Å². The standard InChI is InChI=1S/C20H23N3O3/c24-20(17-8-10-18(11-9-17)23(25)26)15-21-14-19(22-12-4-5-13-22)16-6-2-1-3-7-16/h1-3,6-11,19,21H,4-5,12-15H2. The van der Waals surface area contributed by atoms with Crippen LogP contribution in [-0.2, 0) is 0 Å². The second-order valence-corrected chi connectivity index (χ2v) is 6.53. The third kappa shape index (κ3) is 4.53. The molecule has 1 heterocycles. The van der Waals surface area contributed by atoms with Crippen molar-refractivity contribution in [1.82, 2.24) is 10.2 Å². The summed E-state index contributed by atoms with van der Waals surface area (Å²) in [4.78, 5) is 25.0. The van der Waals surface area contributed by atoms with Crippen LogP contribution in [0, 0.1) is 10.1 Å². The first-order valence-electron chi connectivity index (χ1n) is 8.92. The second-order valence-electron chi connectivity index (χ2n) is 6.53. The number of nitro groups is 1. The van der Waals surface area contributed by atoms with Crippen LogP contribution in [-0.4, -0.2) is 41.8 Å². The average Bonchev–Trinajstić information content (AvgIpc) is 3.20. The molecule has 0 amide bonds. The molecule has 0 spiro atoms. The number of carbonyl (C=O) groups excluding carboxylic acids is 1. The number of non-ortho nitro benzene ring substituents is 1. The summed E-state index contributed by atoms with van der Waals surface area (Å²) in [6.45, 7) is 3.08. The maximum absolute atomic E-state index is 12.3. The first-order chi connectivity index (χ1) is 12.6. The van der Waals surface area contributed by atoms with Gasteiger partial charge in [-0.15, -0.1) is 0 Å². The molecule has 0 aromatic heterocycles. The molecule has 3 rings (SSSR count). The topological polar surface area (TPSA) is 75.5 Å². The Morgan fingerprint density at radius 2 is 1.73 bits per heavy atom. The minimum absolute atomic E-state index is 0.00677. The van der Waals surface area contributed by atoms with E-state index in [9.17, 15) is 14.9 Å². The van der Waals surface area contributed by atoms with Gasteiger partial charge in [-0.1, -0.05) is 30.3 Å². The van der Waals surface area contributed by atoms with Crippen molar-refractivity contribution >= 4 is 11.5 Å². The molecule has 1 atom stereocenters. The molecule has 1 unspecified atom stereocenters. The largest absolute Gasteiger partial charge is 0.308 e. The van der Waals surface area contributed by atoms with E-state index in [4.69, 9.17) is 0 Å². The van der Waals surface area contributed by atoms with Crippen molar-refractivity contribution in [3.63, 3.8) is 0 Å². The van der Waals surface area contributed by atoms with Crippen molar-refractivity contribution in [3.8, 4) is 0 Å². The Labute approximate surface area is 153 Å². The van der Waals surface area contributed by atoms with Crippen molar-refractivity contribution in [2.75, 3.05) is 26.2 Å². The maximum Gasteiger partial charge on any atom is 0.269 e. The number of nitrogens with zero attached hydrogens (tertiary/aromatic N) is 2. The summed E-state index contributed by atoms with van der Waals surface area (Å²) in [5.74, 6) is -0.0619. The van der Waals surface area contributed by atoms with E-state index < -0.39 is 4.92 Å². The smallest absolute Gasteiger partial charge is 0.269 e. The van der Waals surface area contributed by atoms with Gasteiger partial charge in [-0.25, -0.2) is 0 Å². The van der Waals surface area contributed by atoms with Gasteiger partial charge in [-0.3, -0.25) is 19.8 Å². The summed E-state index contributed by atoms with van der Waals surface area (Å²) in [6, 6.07) is 16.4. The molecule has 2 aromatic carbocycles. The zero-order valence-corrected chi connectivity index (χ0v) is 14.6. The lowest BCUT2D eigenvalue weighted by atomic mass is 10.1. The Kier molecular flexibility index (Phi) is 6.09. The number of carbonyl (C=O) groups is 1. The highest BCUT2D eigenvalue weighted by Gasteiger charge is 2.23. The molecular formula is C20H23N3O3. The van der Waals surface area contributed by atoms with Gasteiger partial charge in [0.05, 0.1) is 11.5 Å². The molecule has 0 saturated carbocycles. The molecule has 136 valence electrons. The van der Waals surface area contributed by atoms with E-state index in [0.29, 0.717) is 12.1 Å². The normalized spacial score (nSPS) is 15.7. The van der Waals surface area contributed by atoms with Gasteiger partial charge in [0.15, 0.2) is 5.78 Å². The lowest BCUT2D eigenvalue weighted by Gasteiger charge is -2.28. The summed E-state index contributed by atoms with van der Waals surface area (Å²) in [5.41, 5.74) is 1.73. The molecule has 1 N–H and O–H groups in total. The van der Waals surface area contributed by atoms with Crippen LogP contribution in [0.1, 0.15) is 34.8 Å². The van der Waals surface area contributed by atoms with Crippen molar-refractivity contribution in [1.29, 1.82) is 0 Å². The van der Waals surface area contributed by atoms with Crippen LogP contribution >= 0.6 is 0 Å². The highest BCUT2D eigenvalue weighted by molar-refractivity contribution is 5.97. The Hall–Kier alpha value is -2.57. The zero-order valence-electron chi connectivity index (χ0n) is 14.6. The lowest BCUT2D eigenvalue weighted by Crippen LogP contribution is -2.36. The predicted octanol–water partition coefficient (Wildman–Crippen LogP) is 3.20. The maximum atomic E-state index is 12.3. The molecular weight excluding hydrogens is 330 g/mol. The highest BCUT2D eigenvalue weighted by atomic mass is 16.6. The van der Waals surface area contributed by atoms with Crippen molar-refractivity contribution in [3.05, 3.63) is 75.8 Å². The average molecular weight is 353 g/mol. The van der Waals surface area contributed by atoms with Crippen LogP contribution in [0.4, 0.5) is 5.69 Å². The SMILES string of the molecule is O=C(CNCC(c1ccccc1)N1CCCC1)c1ccc([N+](=O)[O-])cc1. The summed E-state index contributed by atoms with van der Waals surface area (Å²) < 4.78 is 0. The van der Waals surface area contributed by atoms with Crippen LogP contribution in [0.2, 0.25) is 0 Å². The lowest BCUT2D eigenvalue weighted by molar-refractivity contribution is -0.384. The Morgan fingerprint density at radius 1 is 1.08 bits per heavy atom. The predicted molar refractivity (Wildman–Crippen MR) is 100 cm³/mol. The first-order valence-corrected chi connectivity index (χ1v) is 8.92. The first kappa shape index (κ1) is 18.2. The van der Waals surface area contributed by atoms with E-state index in [-0.39, 0.29) is 24.1 Å². The van der Waals surface area contributed by atoms with Gasteiger partial charge in [0.1, 0.15) is 0 Å². The van der Waals surface area contributed by atoms with Crippen LogP contribution in [0.5, 0.6) is 0 Å². The second kappa shape index (κ2) is 8.69. The third-order valence-corrected chi connectivity index (χ3v) is 4.79. The van der Waals surface area contributed by atoms with Gasteiger partial charge >= 0.3 is 0 Å². The minimum Gasteiger partial charge on any atom is -0.308 e. The number of benzene rings is 2. The number of rotatable bonds is 8. The van der Waals surface area contributed by atoms with Gasteiger partial charge < -0.3 is 5.32 Å². The van der Waals surface area contributed by atoms with Gasteiger partial charge in [-0.2, -0.15) is 0 Å². The molecule has 6 nitrogen and oxygen atoms in total. The zero-order chi connectivity index (χ0) is 18.4. The van der Waals surface area contributed by atoms with E-state index in [1.165, 1.54) is 42.7 Å². The van der Waals surface area contributed by atoms with Gasteiger partial charge in [0.25, 0.3) is 5.69 Å². The van der Waals surface area contributed by atoms with E-state index in [2.05, 4.69) is 22.3 Å². The molecule has 1 saturated heterocycles. The van der Waals surface area contributed by atoms with Gasteiger partial charge in [0, 0.05) is 30.3 Å². The Balaban J connectivity index is 1.58. The number of likely N-dealkylation sites (tertiary alicyclic amines) is 1. The fourth-order valence-electron chi connectivity index (χ4n) is 3.38. The quantitative estimate of drug-likeness (QED) is 0.448. The third-order valence-electron chi connectivity index (χ3n) is 4.79. The van der Waals surface area contributed by atoms with Crippen molar-refractivity contribution in [2.24, 2.45) is 0 Å². The number of hydrogen-bond acceptors (Lipinski definition) is 5. The van der Waals surface area contributed by atoms with Gasteiger partial charge in [0.2, 0.25) is 0 Å². The van der Waals surface area contributed by atoms with Crippen LogP contribution in [0.3, 0.4) is 0 Å². The van der Waals surface area contributed by atoms with Crippen LogP contribution in [0.15, 0.2) is 54.6 Å². The summed E-state index contributed by atoms with van der Waals surface area (Å²) in [5, 5.41) is 14.0.